The molecule has 0 bridgehead atoms. The van der Waals surface area contributed by atoms with Gasteiger partial charge in [0.1, 0.15) is 0 Å². The third-order valence-electron chi connectivity index (χ3n) is 3.53. The van der Waals surface area contributed by atoms with Crippen LogP contribution in [0.1, 0.15) is 34.6 Å². The second-order valence-corrected chi connectivity index (χ2v) is 6.48. The molecule has 0 aliphatic rings. The van der Waals surface area contributed by atoms with E-state index in [1.165, 1.54) is 0 Å². The van der Waals surface area contributed by atoms with Crippen molar-refractivity contribution >= 4 is 17.7 Å². The van der Waals surface area contributed by atoms with Crippen molar-refractivity contribution in [3.63, 3.8) is 0 Å². The van der Waals surface area contributed by atoms with E-state index in [0.29, 0.717) is 0 Å². The van der Waals surface area contributed by atoms with Crippen molar-refractivity contribution in [2.24, 2.45) is 11.1 Å². The van der Waals surface area contributed by atoms with E-state index in [-0.39, 0.29) is 11.9 Å². The minimum atomic E-state index is -0.547. The van der Waals surface area contributed by atoms with Crippen molar-refractivity contribution in [1.82, 2.24) is 4.90 Å². The molecule has 0 fully saturated rings. The topological polar surface area (TPSA) is 46.3 Å². The van der Waals surface area contributed by atoms with Gasteiger partial charge in [-0.3, -0.25) is 4.79 Å². The SMILES string of the molecule is CSCC(C)N(C)C(=O)C(C)(C)C(C)(C)N. The normalized spacial score (nSPS) is 14.8. The van der Waals surface area contributed by atoms with E-state index < -0.39 is 11.0 Å². The summed E-state index contributed by atoms with van der Waals surface area (Å²) in [6, 6.07) is 0.240. The molecule has 0 saturated carbocycles. The molecule has 0 heterocycles. The first-order valence-electron chi connectivity index (χ1n) is 5.60. The summed E-state index contributed by atoms with van der Waals surface area (Å²) < 4.78 is 0. The lowest BCUT2D eigenvalue weighted by molar-refractivity contribution is -0.143. The third kappa shape index (κ3) is 3.39. The number of nitrogens with zero attached hydrogens (tertiary/aromatic N) is 1. The Morgan fingerprint density at radius 2 is 1.81 bits per heavy atom. The van der Waals surface area contributed by atoms with Crippen molar-refractivity contribution in [3.8, 4) is 0 Å². The largest absolute Gasteiger partial charge is 0.342 e. The zero-order valence-electron chi connectivity index (χ0n) is 11.6. The lowest BCUT2D eigenvalue weighted by Gasteiger charge is -2.41. The summed E-state index contributed by atoms with van der Waals surface area (Å²) in [6.45, 7) is 9.69. The Kier molecular flexibility index (Phi) is 5.33. The van der Waals surface area contributed by atoms with Gasteiger partial charge in [0.25, 0.3) is 0 Å². The highest BCUT2D eigenvalue weighted by atomic mass is 32.2. The molecule has 0 aromatic heterocycles. The summed E-state index contributed by atoms with van der Waals surface area (Å²) in [7, 11) is 1.86. The number of nitrogens with two attached hydrogens (primary N) is 1. The average molecular weight is 246 g/mol. The van der Waals surface area contributed by atoms with E-state index in [9.17, 15) is 4.79 Å². The lowest BCUT2D eigenvalue weighted by Crippen LogP contribution is -2.57. The molecule has 0 aromatic carbocycles. The van der Waals surface area contributed by atoms with Gasteiger partial charge in [-0.25, -0.2) is 0 Å². The molecule has 0 aromatic rings. The van der Waals surface area contributed by atoms with E-state index >= 15 is 0 Å². The van der Waals surface area contributed by atoms with Crippen LogP contribution in [0.4, 0.5) is 0 Å². The molecule has 16 heavy (non-hydrogen) atoms. The molecule has 3 nitrogen and oxygen atoms in total. The van der Waals surface area contributed by atoms with Crippen molar-refractivity contribution in [1.29, 1.82) is 0 Å². The highest BCUT2D eigenvalue weighted by Gasteiger charge is 2.42. The van der Waals surface area contributed by atoms with Crippen molar-refractivity contribution in [3.05, 3.63) is 0 Å². The van der Waals surface area contributed by atoms with E-state index in [4.69, 9.17) is 5.73 Å². The number of carbonyl (C=O) groups is 1. The minimum absolute atomic E-state index is 0.113. The molecule has 96 valence electrons. The second kappa shape index (κ2) is 5.41. The van der Waals surface area contributed by atoms with Gasteiger partial charge in [0.05, 0.1) is 5.41 Å². The molecule has 1 amide bonds. The van der Waals surface area contributed by atoms with Gasteiger partial charge in [-0.2, -0.15) is 11.8 Å². The van der Waals surface area contributed by atoms with Gasteiger partial charge in [-0.15, -0.1) is 0 Å². The first kappa shape index (κ1) is 15.8. The predicted octanol–water partition coefficient (Wildman–Crippen LogP) is 1.96. The van der Waals surface area contributed by atoms with Crippen molar-refractivity contribution < 1.29 is 4.79 Å². The summed E-state index contributed by atoms with van der Waals surface area (Å²) in [5.41, 5.74) is 5.01. The van der Waals surface area contributed by atoms with E-state index in [1.54, 1.807) is 11.8 Å². The quantitative estimate of drug-likeness (QED) is 0.806. The van der Waals surface area contributed by atoms with Gasteiger partial charge in [-0.1, -0.05) is 0 Å². The van der Waals surface area contributed by atoms with Crippen LogP contribution in [0, 0.1) is 5.41 Å². The maximum absolute atomic E-state index is 12.4. The number of rotatable bonds is 5. The molecule has 4 heteroatoms. The minimum Gasteiger partial charge on any atom is -0.342 e. The van der Waals surface area contributed by atoms with Gasteiger partial charge in [-0.05, 0) is 40.9 Å². The molecule has 0 rings (SSSR count). The van der Waals surface area contributed by atoms with Gasteiger partial charge in [0.15, 0.2) is 0 Å². The first-order valence-corrected chi connectivity index (χ1v) is 7.00. The summed E-state index contributed by atoms with van der Waals surface area (Å²) in [5, 5.41) is 0. The summed E-state index contributed by atoms with van der Waals surface area (Å²) >= 11 is 1.75. The molecule has 0 saturated heterocycles. The standard InChI is InChI=1S/C12H26N2OS/c1-9(8-16-7)14(6)10(15)11(2,3)12(4,5)13/h9H,8,13H2,1-7H3. The van der Waals surface area contributed by atoms with Crippen LogP contribution >= 0.6 is 11.8 Å². The van der Waals surface area contributed by atoms with Gasteiger partial charge < -0.3 is 10.6 Å². The molecule has 1 atom stereocenters. The van der Waals surface area contributed by atoms with Gasteiger partial charge in [0.2, 0.25) is 5.91 Å². The maximum Gasteiger partial charge on any atom is 0.230 e. The second-order valence-electron chi connectivity index (χ2n) is 5.57. The number of amides is 1. The maximum atomic E-state index is 12.4. The Morgan fingerprint density at radius 1 is 1.38 bits per heavy atom. The van der Waals surface area contributed by atoms with Crippen LogP contribution in [0.3, 0.4) is 0 Å². The Balaban J connectivity index is 4.80. The molecule has 0 spiro atoms. The van der Waals surface area contributed by atoms with Crippen LogP contribution < -0.4 is 5.73 Å². The highest BCUT2D eigenvalue weighted by Crippen LogP contribution is 2.30. The number of hydrogen-bond donors (Lipinski definition) is 1. The van der Waals surface area contributed by atoms with E-state index in [1.807, 2.05) is 45.9 Å². The Hall–Kier alpha value is -0.220. The number of carbonyl (C=O) groups excluding carboxylic acids is 1. The molecule has 0 aliphatic heterocycles. The fourth-order valence-corrected chi connectivity index (χ4v) is 1.98. The van der Waals surface area contributed by atoms with Crippen LogP contribution in [-0.4, -0.2) is 41.4 Å². The zero-order chi connectivity index (χ0) is 13.1. The Morgan fingerprint density at radius 3 is 2.12 bits per heavy atom. The highest BCUT2D eigenvalue weighted by molar-refractivity contribution is 7.98. The molecule has 2 N–H and O–H groups in total. The Bertz CT molecular complexity index is 246. The first-order chi connectivity index (χ1) is 7.05. The van der Waals surface area contributed by atoms with Crippen LogP contribution in [0.15, 0.2) is 0 Å². The van der Waals surface area contributed by atoms with E-state index in [2.05, 4.69) is 6.92 Å². The summed E-state index contributed by atoms with van der Waals surface area (Å²) in [4.78, 5) is 14.2. The van der Waals surface area contributed by atoms with Crippen LogP contribution in [0.25, 0.3) is 0 Å². The predicted molar refractivity (Wildman–Crippen MR) is 72.7 cm³/mol. The van der Waals surface area contributed by atoms with Gasteiger partial charge >= 0.3 is 0 Å². The molecule has 1 unspecified atom stereocenters. The zero-order valence-corrected chi connectivity index (χ0v) is 12.4. The fraction of sp³-hybridized carbons (Fsp3) is 0.917. The molecule has 0 radical (unpaired) electrons. The summed E-state index contributed by atoms with van der Waals surface area (Å²) in [6.07, 6.45) is 2.05. The molecule has 0 aliphatic carbocycles. The third-order valence-corrected chi connectivity index (χ3v) is 4.35. The van der Waals surface area contributed by atoms with E-state index in [0.717, 1.165) is 5.75 Å². The van der Waals surface area contributed by atoms with Gasteiger partial charge in [0, 0.05) is 24.4 Å². The monoisotopic (exact) mass is 246 g/mol. The smallest absolute Gasteiger partial charge is 0.230 e. The van der Waals surface area contributed by atoms with Crippen LogP contribution in [0.5, 0.6) is 0 Å². The van der Waals surface area contributed by atoms with Crippen LogP contribution in [-0.2, 0) is 4.79 Å². The van der Waals surface area contributed by atoms with Crippen LogP contribution in [0.2, 0.25) is 0 Å². The fourth-order valence-electron chi connectivity index (χ4n) is 1.27. The lowest BCUT2D eigenvalue weighted by atomic mass is 9.74. The molecular formula is C12H26N2OS. The van der Waals surface area contributed by atoms with Crippen molar-refractivity contribution in [2.45, 2.75) is 46.2 Å². The molecular weight excluding hydrogens is 220 g/mol. The Labute approximate surface area is 104 Å². The number of hydrogen-bond acceptors (Lipinski definition) is 3. The number of thioether (sulfide) groups is 1. The van der Waals surface area contributed by atoms with Crippen molar-refractivity contribution in [2.75, 3.05) is 19.1 Å². The summed E-state index contributed by atoms with van der Waals surface area (Å²) in [5.74, 6) is 1.06. The average Bonchev–Trinajstić information content (AvgIpc) is 2.14.